The number of aromatic amines is 1. The molecule has 2 amide bonds. The summed E-state index contributed by atoms with van der Waals surface area (Å²) >= 11 is 6.08. The van der Waals surface area contributed by atoms with Crippen LogP contribution in [0.4, 0.5) is 4.39 Å². The summed E-state index contributed by atoms with van der Waals surface area (Å²) in [7, 11) is 0. The van der Waals surface area contributed by atoms with Gasteiger partial charge in [0, 0.05) is 48.8 Å². The number of Topliss-reactive ketones (excluding diaryl/α,β-unsaturated/α-hetero) is 1. The normalized spacial score (nSPS) is 13.9. The van der Waals surface area contributed by atoms with E-state index in [1.807, 2.05) is 0 Å². The molecule has 1 aliphatic heterocycles. The van der Waals surface area contributed by atoms with Crippen LogP contribution < -0.4 is 10.1 Å². The zero-order valence-corrected chi connectivity index (χ0v) is 20.3. The van der Waals surface area contributed by atoms with Gasteiger partial charge in [0.05, 0.1) is 17.6 Å². The summed E-state index contributed by atoms with van der Waals surface area (Å²) in [6, 6.07) is 10.2. The maximum atomic E-state index is 13.1. The predicted molar refractivity (Wildman–Crippen MR) is 132 cm³/mol. The second-order valence-corrected chi connectivity index (χ2v) is 8.96. The molecule has 8 nitrogen and oxygen atoms in total. The average Bonchev–Trinajstić information content (AvgIpc) is 3.41. The highest BCUT2D eigenvalue weighted by Gasteiger charge is 2.28. The van der Waals surface area contributed by atoms with Crippen LogP contribution in [-0.4, -0.2) is 58.7 Å². The van der Waals surface area contributed by atoms with Crippen molar-refractivity contribution in [1.82, 2.24) is 20.2 Å². The Morgan fingerprint density at radius 2 is 1.89 bits per heavy atom. The summed E-state index contributed by atoms with van der Waals surface area (Å²) in [5.74, 6) is -0.984. The Hall–Kier alpha value is -3.72. The number of piperidine rings is 1. The third-order valence-electron chi connectivity index (χ3n) is 6.11. The minimum Gasteiger partial charge on any atom is -0.483 e. The molecule has 1 fully saturated rings. The van der Waals surface area contributed by atoms with E-state index >= 15 is 0 Å². The van der Waals surface area contributed by atoms with Crippen LogP contribution in [0.25, 0.3) is 0 Å². The number of imidazole rings is 1. The van der Waals surface area contributed by atoms with Crippen LogP contribution in [0.1, 0.15) is 39.3 Å². The number of nitrogens with zero attached hydrogens (tertiary/aromatic N) is 2. The van der Waals surface area contributed by atoms with Crippen molar-refractivity contribution >= 4 is 29.2 Å². The Morgan fingerprint density at radius 3 is 2.58 bits per heavy atom. The summed E-state index contributed by atoms with van der Waals surface area (Å²) < 4.78 is 18.8. The van der Waals surface area contributed by atoms with Crippen molar-refractivity contribution in [1.29, 1.82) is 0 Å². The van der Waals surface area contributed by atoms with Gasteiger partial charge in [0.2, 0.25) is 0 Å². The number of nitrogens with one attached hydrogen (secondary N) is 2. The van der Waals surface area contributed by atoms with Crippen molar-refractivity contribution < 1.29 is 23.5 Å². The van der Waals surface area contributed by atoms with Gasteiger partial charge in [-0.2, -0.15) is 0 Å². The van der Waals surface area contributed by atoms with Crippen LogP contribution in [0.2, 0.25) is 5.02 Å². The van der Waals surface area contributed by atoms with Crippen LogP contribution in [-0.2, 0) is 11.2 Å². The summed E-state index contributed by atoms with van der Waals surface area (Å²) in [4.78, 5) is 46.7. The number of benzene rings is 2. The number of hydrogen-bond acceptors (Lipinski definition) is 5. The highest BCUT2D eigenvalue weighted by molar-refractivity contribution is 6.31. The number of hydrogen-bond donors (Lipinski definition) is 2. The van der Waals surface area contributed by atoms with Gasteiger partial charge in [-0.25, -0.2) is 9.37 Å². The summed E-state index contributed by atoms with van der Waals surface area (Å²) in [6.07, 6.45) is 4.93. The van der Waals surface area contributed by atoms with Gasteiger partial charge in [0.1, 0.15) is 11.6 Å². The summed E-state index contributed by atoms with van der Waals surface area (Å²) in [5, 5.41) is 3.18. The van der Waals surface area contributed by atoms with E-state index < -0.39 is 0 Å². The molecule has 0 spiro atoms. The third-order valence-corrected chi connectivity index (χ3v) is 6.34. The lowest BCUT2D eigenvalue weighted by molar-refractivity contribution is -0.134. The molecule has 2 N–H and O–H groups in total. The molecule has 0 saturated carbocycles. The molecule has 4 rings (SSSR count). The monoisotopic (exact) mass is 512 g/mol. The van der Waals surface area contributed by atoms with Gasteiger partial charge in [-0.3, -0.25) is 14.4 Å². The Kier molecular flexibility index (Phi) is 8.32. The van der Waals surface area contributed by atoms with Crippen molar-refractivity contribution in [2.75, 3.05) is 26.2 Å². The SMILES string of the molecule is O=C(NCCc1c[nH]cn1)c1cc(Cl)ccc1OCC(=O)N1CCC(C(=O)c2ccc(F)cc2)CC1. The van der Waals surface area contributed by atoms with Crippen molar-refractivity contribution in [3.8, 4) is 5.75 Å². The maximum Gasteiger partial charge on any atom is 0.260 e. The largest absolute Gasteiger partial charge is 0.483 e. The highest BCUT2D eigenvalue weighted by atomic mass is 35.5. The number of aromatic nitrogens is 2. The minimum absolute atomic E-state index is 0.0394. The molecule has 0 unspecified atom stereocenters. The Labute approximate surface area is 212 Å². The highest BCUT2D eigenvalue weighted by Crippen LogP contribution is 2.25. The number of H-pyrrole nitrogens is 1. The number of rotatable bonds is 9. The number of ketones is 1. The second-order valence-electron chi connectivity index (χ2n) is 8.52. The van der Waals surface area contributed by atoms with Crippen molar-refractivity contribution in [2.24, 2.45) is 5.92 Å². The van der Waals surface area contributed by atoms with Gasteiger partial charge < -0.3 is 19.9 Å². The molecule has 188 valence electrons. The van der Waals surface area contributed by atoms with E-state index in [2.05, 4.69) is 15.3 Å². The molecule has 1 aromatic heterocycles. The van der Waals surface area contributed by atoms with E-state index in [1.165, 1.54) is 30.3 Å². The molecule has 3 aromatic rings. The third kappa shape index (κ3) is 6.48. The quantitative estimate of drug-likeness (QED) is 0.426. The van der Waals surface area contributed by atoms with Crippen LogP contribution in [0, 0.1) is 11.7 Å². The van der Waals surface area contributed by atoms with Crippen molar-refractivity contribution in [3.63, 3.8) is 0 Å². The fraction of sp³-hybridized carbons (Fsp3) is 0.308. The first kappa shape index (κ1) is 25.4. The fourth-order valence-corrected chi connectivity index (χ4v) is 4.28. The van der Waals surface area contributed by atoms with Crippen LogP contribution in [0.5, 0.6) is 5.75 Å². The lowest BCUT2D eigenvalue weighted by atomic mass is 9.89. The van der Waals surface area contributed by atoms with Crippen molar-refractivity contribution in [3.05, 3.63) is 82.6 Å². The van der Waals surface area contributed by atoms with Gasteiger partial charge in [0.15, 0.2) is 12.4 Å². The fourth-order valence-electron chi connectivity index (χ4n) is 4.10. The van der Waals surface area contributed by atoms with Crippen LogP contribution in [0.15, 0.2) is 55.0 Å². The van der Waals surface area contributed by atoms with E-state index in [0.29, 0.717) is 49.5 Å². The molecular weight excluding hydrogens is 487 g/mol. The van der Waals surface area contributed by atoms with E-state index in [0.717, 1.165) is 5.69 Å². The molecule has 0 aliphatic carbocycles. The number of carbonyl (C=O) groups is 3. The zero-order valence-electron chi connectivity index (χ0n) is 19.5. The molecule has 36 heavy (non-hydrogen) atoms. The molecule has 10 heteroatoms. The first-order valence-corrected chi connectivity index (χ1v) is 12.0. The standard InChI is InChI=1S/C26H26ClFN4O4/c27-19-3-6-23(22(13-19)26(35)30-10-7-21-14-29-16-31-21)36-15-24(33)32-11-8-18(9-12-32)25(34)17-1-4-20(28)5-2-17/h1-6,13-14,16,18H,7-12,15H2,(H,29,31)(H,30,35). The molecule has 2 heterocycles. The number of carbonyl (C=O) groups excluding carboxylic acids is 3. The smallest absolute Gasteiger partial charge is 0.260 e. The molecule has 0 radical (unpaired) electrons. The van der Waals surface area contributed by atoms with Gasteiger partial charge in [-0.05, 0) is 55.3 Å². The second kappa shape index (κ2) is 11.8. The Bertz CT molecular complexity index is 1210. The van der Waals surface area contributed by atoms with Gasteiger partial charge in [-0.15, -0.1) is 0 Å². The van der Waals surface area contributed by atoms with Crippen molar-refractivity contribution in [2.45, 2.75) is 19.3 Å². The molecule has 1 aliphatic rings. The van der Waals surface area contributed by atoms with Crippen LogP contribution >= 0.6 is 11.6 Å². The number of halogens is 2. The van der Waals surface area contributed by atoms with E-state index in [1.54, 1.807) is 29.6 Å². The molecule has 0 bridgehead atoms. The number of likely N-dealkylation sites (tertiary alicyclic amines) is 1. The molecule has 0 atom stereocenters. The first-order valence-electron chi connectivity index (χ1n) is 11.7. The minimum atomic E-state index is -0.387. The molecule has 2 aromatic carbocycles. The van der Waals surface area contributed by atoms with Gasteiger partial charge in [0.25, 0.3) is 11.8 Å². The van der Waals surface area contributed by atoms with E-state index in [4.69, 9.17) is 16.3 Å². The number of amides is 2. The lowest BCUT2D eigenvalue weighted by Crippen LogP contribution is -2.42. The lowest BCUT2D eigenvalue weighted by Gasteiger charge is -2.31. The maximum absolute atomic E-state index is 13.1. The topological polar surface area (TPSA) is 104 Å². The van der Waals surface area contributed by atoms with E-state index in [-0.39, 0.29) is 47.3 Å². The summed E-state index contributed by atoms with van der Waals surface area (Å²) in [5.41, 5.74) is 1.54. The predicted octanol–water partition coefficient (Wildman–Crippen LogP) is 3.68. The Morgan fingerprint density at radius 1 is 1.14 bits per heavy atom. The van der Waals surface area contributed by atoms with E-state index in [9.17, 15) is 18.8 Å². The molecule has 1 saturated heterocycles. The van der Waals surface area contributed by atoms with Gasteiger partial charge in [-0.1, -0.05) is 11.6 Å². The van der Waals surface area contributed by atoms with Crippen LogP contribution in [0.3, 0.4) is 0 Å². The number of ether oxygens (including phenoxy) is 1. The first-order chi connectivity index (χ1) is 17.4. The average molecular weight is 513 g/mol. The van der Waals surface area contributed by atoms with Gasteiger partial charge >= 0.3 is 0 Å². The molecular formula is C26H26ClFN4O4. The Balaban J connectivity index is 1.28. The zero-order chi connectivity index (χ0) is 25.5. The summed E-state index contributed by atoms with van der Waals surface area (Å²) in [6.45, 7) is 0.966.